The minimum atomic E-state index is 0.210. The van der Waals surface area contributed by atoms with Crippen LogP contribution < -0.4 is 4.90 Å². The zero-order valence-electron chi connectivity index (χ0n) is 9.43. The molecule has 1 saturated heterocycles. The van der Waals surface area contributed by atoms with Gasteiger partial charge in [-0.1, -0.05) is 12.1 Å². The number of nitrogens with zero attached hydrogens (tertiary/aromatic N) is 1. The summed E-state index contributed by atoms with van der Waals surface area (Å²) in [5, 5.41) is 0. The molecule has 17 heavy (non-hydrogen) atoms. The van der Waals surface area contributed by atoms with E-state index < -0.39 is 0 Å². The van der Waals surface area contributed by atoms with Crippen LogP contribution in [0.15, 0.2) is 47.1 Å². The highest BCUT2D eigenvalue weighted by Gasteiger charge is 2.21. The van der Waals surface area contributed by atoms with Gasteiger partial charge in [0, 0.05) is 24.2 Å². The van der Waals surface area contributed by atoms with E-state index in [0.717, 1.165) is 30.0 Å². The highest BCUT2D eigenvalue weighted by atomic mass is 16.3. The molecular weight excluding hydrogens is 214 g/mol. The van der Waals surface area contributed by atoms with Gasteiger partial charge in [0.05, 0.1) is 6.26 Å². The molecule has 0 N–H and O–H groups in total. The molecule has 0 unspecified atom stereocenters. The second-order valence-electron chi connectivity index (χ2n) is 4.18. The Kier molecular flexibility index (Phi) is 2.44. The van der Waals surface area contributed by atoms with Gasteiger partial charge in [-0.3, -0.25) is 4.79 Å². The zero-order valence-corrected chi connectivity index (χ0v) is 9.43. The van der Waals surface area contributed by atoms with Gasteiger partial charge in [-0.15, -0.1) is 0 Å². The second kappa shape index (κ2) is 4.09. The minimum absolute atomic E-state index is 0.210. The maximum atomic E-state index is 11.7. The molecule has 1 aliphatic rings. The fourth-order valence-corrected chi connectivity index (χ4v) is 2.19. The summed E-state index contributed by atoms with van der Waals surface area (Å²) in [6, 6.07) is 11.7. The Morgan fingerprint density at radius 3 is 2.82 bits per heavy atom. The third-order valence-corrected chi connectivity index (χ3v) is 3.04. The molecule has 0 bridgehead atoms. The Morgan fingerprint density at radius 2 is 2.12 bits per heavy atom. The van der Waals surface area contributed by atoms with Crippen LogP contribution in [-0.4, -0.2) is 12.5 Å². The van der Waals surface area contributed by atoms with Crippen LogP contribution >= 0.6 is 0 Å². The number of benzene rings is 1. The SMILES string of the molecule is O=C1CCCN1c1cccc(-c2ccco2)c1. The van der Waals surface area contributed by atoms with Crippen LogP contribution in [0.1, 0.15) is 12.8 Å². The van der Waals surface area contributed by atoms with Gasteiger partial charge in [0.1, 0.15) is 5.76 Å². The topological polar surface area (TPSA) is 33.5 Å². The maximum absolute atomic E-state index is 11.7. The number of amides is 1. The molecule has 0 radical (unpaired) electrons. The highest BCUT2D eigenvalue weighted by Crippen LogP contribution is 2.27. The van der Waals surface area contributed by atoms with Crippen molar-refractivity contribution in [2.75, 3.05) is 11.4 Å². The number of rotatable bonds is 2. The Balaban J connectivity index is 1.97. The lowest BCUT2D eigenvalue weighted by Crippen LogP contribution is -2.23. The van der Waals surface area contributed by atoms with Crippen LogP contribution in [0.25, 0.3) is 11.3 Å². The van der Waals surface area contributed by atoms with Crippen LogP contribution in [0.2, 0.25) is 0 Å². The number of anilines is 1. The van der Waals surface area contributed by atoms with Crippen molar-refractivity contribution in [2.45, 2.75) is 12.8 Å². The largest absolute Gasteiger partial charge is 0.464 e. The van der Waals surface area contributed by atoms with E-state index in [0.29, 0.717) is 6.42 Å². The van der Waals surface area contributed by atoms with E-state index >= 15 is 0 Å². The van der Waals surface area contributed by atoms with Gasteiger partial charge >= 0.3 is 0 Å². The quantitative estimate of drug-likeness (QED) is 0.790. The van der Waals surface area contributed by atoms with E-state index in [9.17, 15) is 4.79 Å². The molecule has 3 nitrogen and oxygen atoms in total. The van der Waals surface area contributed by atoms with Crippen molar-refractivity contribution in [2.24, 2.45) is 0 Å². The average molecular weight is 227 g/mol. The Hall–Kier alpha value is -2.03. The van der Waals surface area contributed by atoms with E-state index in [-0.39, 0.29) is 5.91 Å². The van der Waals surface area contributed by atoms with E-state index in [2.05, 4.69) is 0 Å². The predicted molar refractivity (Wildman–Crippen MR) is 65.7 cm³/mol. The molecule has 3 rings (SSSR count). The first-order chi connectivity index (χ1) is 8.34. The molecule has 1 fully saturated rings. The van der Waals surface area contributed by atoms with E-state index in [4.69, 9.17) is 4.42 Å². The van der Waals surface area contributed by atoms with Crippen LogP contribution in [0.4, 0.5) is 5.69 Å². The molecule has 0 saturated carbocycles. The van der Waals surface area contributed by atoms with Gasteiger partial charge in [0.25, 0.3) is 0 Å². The monoisotopic (exact) mass is 227 g/mol. The lowest BCUT2D eigenvalue weighted by atomic mass is 10.1. The summed E-state index contributed by atoms with van der Waals surface area (Å²) in [5.41, 5.74) is 1.97. The predicted octanol–water partition coefficient (Wildman–Crippen LogP) is 3.07. The molecule has 2 aromatic rings. The molecule has 2 heterocycles. The summed E-state index contributed by atoms with van der Waals surface area (Å²) in [5.74, 6) is 1.04. The Morgan fingerprint density at radius 1 is 1.18 bits per heavy atom. The minimum Gasteiger partial charge on any atom is -0.464 e. The van der Waals surface area contributed by atoms with Crippen LogP contribution in [0.5, 0.6) is 0 Å². The average Bonchev–Trinajstić information content (AvgIpc) is 2.99. The van der Waals surface area contributed by atoms with Crippen molar-refractivity contribution in [1.29, 1.82) is 0 Å². The molecular formula is C14H13NO2. The normalized spacial score (nSPS) is 15.5. The van der Waals surface area contributed by atoms with Gasteiger partial charge in [0.15, 0.2) is 0 Å². The van der Waals surface area contributed by atoms with Gasteiger partial charge in [-0.25, -0.2) is 0 Å². The number of carbonyl (C=O) groups excluding carboxylic acids is 1. The number of carbonyl (C=O) groups is 1. The fraction of sp³-hybridized carbons (Fsp3) is 0.214. The Bertz CT molecular complexity index is 531. The van der Waals surface area contributed by atoms with E-state index in [1.807, 2.05) is 41.3 Å². The fourth-order valence-electron chi connectivity index (χ4n) is 2.19. The van der Waals surface area contributed by atoms with Gasteiger partial charge in [-0.05, 0) is 30.7 Å². The van der Waals surface area contributed by atoms with Crippen molar-refractivity contribution in [1.82, 2.24) is 0 Å². The molecule has 1 aromatic carbocycles. The summed E-state index contributed by atoms with van der Waals surface area (Å²) in [6.45, 7) is 0.820. The molecule has 1 aromatic heterocycles. The number of hydrogen-bond acceptors (Lipinski definition) is 2. The lowest BCUT2D eigenvalue weighted by molar-refractivity contribution is -0.117. The van der Waals surface area contributed by atoms with Crippen molar-refractivity contribution in [3.8, 4) is 11.3 Å². The molecule has 1 amide bonds. The highest BCUT2D eigenvalue weighted by molar-refractivity contribution is 5.95. The first-order valence-electron chi connectivity index (χ1n) is 5.79. The lowest BCUT2D eigenvalue weighted by Gasteiger charge is -2.16. The van der Waals surface area contributed by atoms with Crippen molar-refractivity contribution >= 4 is 11.6 Å². The number of furan rings is 1. The maximum Gasteiger partial charge on any atom is 0.227 e. The van der Waals surface area contributed by atoms with Crippen molar-refractivity contribution in [3.05, 3.63) is 42.7 Å². The van der Waals surface area contributed by atoms with E-state index in [1.165, 1.54) is 0 Å². The first kappa shape index (κ1) is 10.1. The first-order valence-corrected chi connectivity index (χ1v) is 5.79. The van der Waals surface area contributed by atoms with Crippen LogP contribution in [0.3, 0.4) is 0 Å². The van der Waals surface area contributed by atoms with E-state index in [1.54, 1.807) is 6.26 Å². The standard InChI is InChI=1S/C14H13NO2/c16-14-7-2-8-15(14)12-5-1-4-11(10-12)13-6-3-9-17-13/h1,3-6,9-10H,2,7-8H2. The molecule has 1 aliphatic heterocycles. The summed E-state index contributed by atoms with van der Waals surface area (Å²) >= 11 is 0. The summed E-state index contributed by atoms with van der Waals surface area (Å²) in [7, 11) is 0. The van der Waals surface area contributed by atoms with Gasteiger partial charge in [-0.2, -0.15) is 0 Å². The second-order valence-corrected chi connectivity index (χ2v) is 4.18. The molecule has 0 spiro atoms. The summed E-state index contributed by atoms with van der Waals surface area (Å²) in [4.78, 5) is 13.5. The van der Waals surface area contributed by atoms with Gasteiger partial charge in [0.2, 0.25) is 5.91 Å². The summed E-state index contributed by atoms with van der Waals surface area (Å²) in [6.07, 6.45) is 3.26. The third-order valence-electron chi connectivity index (χ3n) is 3.04. The zero-order chi connectivity index (χ0) is 11.7. The summed E-state index contributed by atoms with van der Waals surface area (Å²) < 4.78 is 5.36. The van der Waals surface area contributed by atoms with Gasteiger partial charge < -0.3 is 9.32 Å². The molecule has 0 aliphatic carbocycles. The molecule has 3 heteroatoms. The Labute approximate surface area is 99.7 Å². The van der Waals surface area contributed by atoms with Crippen LogP contribution in [-0.2, 0) is 4.79 Å². The molecule has 0 atom stereocenters. The van der Waals surface area contributed by atoms with Crippen molar-refractivity contribution < 1.29 is 9.21 Å². The third kappa shape index (κ3) is 1.84. The van der Waals surface area contributed by atoms with Crippen LogP contribution in [0, 0.1) is 0 Å². The smallest absolute Gasteiger partial charge is 0.227 e. The molecule has 86 valence electrons. The van der Waals surface area contributed by atoms with Crippen molar-refractivity contribution in [3.63, 3.8) is 0 Å². The number of hydrogen-bond donors (Lipinski definition) is 0.